The van der Waals surface area contributed by atoms with Crippen molar-refractivity contribution in [3.05, 3.63) is 12.2 Å². The van der Waals surface area contributed by atoms with E-state index in [2.05, 4.69) is 11.9 Å². The van der Waals surface area contributed by atoms with Gasteiger partial charge < -0.3 is 29.3 Å². The average molecular weight is 346 g/mol. The zero-order chi connectivity index (χ0) is 19.6. The number of nitrogens with zero attached hydrogens (tertiary/aromatic N) is 2. The zero-order valence-electron chi connectivity index (χ0n) is 15.7. The van der Waals surface area contributed by atoms with E-state index in [-0.39, 0.29) is 18.9 Å². The van der Waals surface area contributed by atoms with Crippen LogP contribution < -0.4 is 10.4 Å². The van der Waals surface area contributed by atoms with Crippen LogP contribution >= 0.6 is 0 Å². The third-order valence-corrected chi connectivity index (χ3v) is 2.92. The summed E-state index contributed by atoms with van der Waals surface area (Å²) in [6, 6.07) is 0. The third-order valence-electron chi connectivity index (χ3n) is 2.92. The third kappa shape index (κ3) is 18.1. The molecule has 0 atom stereocenters. The highest BCUT2D eigenvalue weighted by molar-refractivity contribution is 5.92. The minimum atomic E-state index is -1.00. The van der Waals surface area contributed by atoms with Gasteiger partial charge in [-0.1, -0.05) is 6.58 Å². The van der Waals surface area contributed by atoms with E-state index >= 15 is 0 Å². The molecule has 0 bridgehead atoms. The molecule has 0 spiro atoms. The first kappa shape index (κ1) is 24.3. The highest BCUT2D eigenvalue weighted by Crippen LogP contribution is 1.98. The fourth-order valence-corrected chi connectivity index (χ4v) is 1.52. The molecule has 0 aliphatic rings. The second kappa shape index (κ2) is 10.8. The number of hydrogen-bond acceptors (Lipinski definition) is 4. The summed E-state index contributed by atoms with van der Waals surface area (Å²) < 4.78 is 0.991. The summed E-state index contributed by atoms with van der Waals surface area (Å²) in [5.41, 5.74) is 0.482. The van der Waals surface area contributed by atoms with Gasteiger partial charge in [-0.25, -0.2) is 0 Å². The lowest BCUT2D eigenvalue weighted by molar-refractivity contribution is -0.888. The smallest absolute Gasteiger partial charge is 0.309 e. The summed E-state index contributed by atoms with van der Waals surface area (Å²) >= 11 is 0. The van der Waals surface area contributed by atoms with E-state index in [1.807, 2.05) is 14.1 Å². The van der Waals surface area contributed by atoms with E-state index in [0.717, 1.165) is 0 Å². The molecule has 0 saturated heterocycles. The molecule has 8 heteroatoms. The highest BCUT2D eigenvalue weighted by atomic mass is 16.4. The standard InChI is InChI=1S/C11H20N2O3.C5H11NO2/c1-9(2)11(16)12-6-8-13(3,4)7-5-10(14)15;1-6(2,3)4-5(7)8/h1,5-8H2,2-4H3,(H-,12,14,15,16);4H2,1-3H3/p+1. The first-order valence-electron chi connectivity index (χ1n) is 7.64. The molecule has 0 radical (unpaired) electrons. The maximum atomic E-state index is 11.2. The maximum absolute atomic E-state index is 11.2. The summed E-state index contributed by atoms with van der Waals surface area (Å²) in [6.07, 6.45) is 0.140. The van der Waals surface area contributed by atoms with E-state index in [0.29, 0.717) is 34.2 Å². The number of carboxylic acids is 2. The van der Waals surface area contributed by atoms with Crippen molar-refractivity contribution in [3.8, 4) is 0 Å². The summed E-state index contributed by atoms with van der Waals surface area (Å²) in [5, 5.41) is 21.2. The second-order valence-electron chi connectivity index (χ2n) is 7.38. The van der Waals surface area contributed by atoms with Gasteiger partial charge >= 0.3 is 5.97 Å². The molecule has 0 aliphatic heterocycles. The SMILES string of the molecule is C=C(C)C(=O)NCC[N+](C)(C)CCC(=O)O.C[N+](C)(C)CC(=O)[O-]. The van der Waals surface area contributed by atoms with Crippen LogP contribution in [-0.2, 0) is 14.4 Å². The molecule has 0 saturated carbocycles. The zero-order valence-corrected chi connectivity index (χ0v) is 15.7. The molecular formula is C16H32N3O5+. The Morgan fingerprint density at radius 2 is 1.58 bits per heavy atom. The lowest BCUT2D eigenvalue weighted by atomic mass is 10.3. The topological polar surface area (TPSA) is 107 Å². The van der Waals surface area contributed by atoms with Gasteiger partial charge in [0.05, 0.1) is 67.3 Å². The fourth-order valence-electron chi connectivity index (χ4n) is 1.52. The van der Waals surface area contributed by atoms with Crippen LogP contribution in [0.3, 0.4) is 0 Å². The molecule has 1 amide bonds. The lowest BCUT2D eigenvalue weighted by Crippen LogP contribution is -2.46. The van der Waals surface area contributed by atoms with Gasteiger partial charge in [-0.2, -0.15) is 0 Å². The summed E-state index contributed by atoms with van der Waals surface area (Å²) in [5.74, 6) is -1.95. The Morgan fingerprint density at radius 1 is 1.08 bits per heavy atom. The van der Waals surface area contributed by atoms with Crippen molar-refractivity contribution in [1.29, 1.82) is 0 Å². The monoisotopic (exact) mass is 346 g/mol. The van der Waals surface area contributed by atoms with Gasteiger partial charge in [0, 0.05) is 5.57 Å². The van der Waals surface area contributed by atoms with E-state index < -0.39 is 11.9 Å². The van der Waals surface area contributed by atoms with Crippen LogP contribution in [0.25, 0.3) is 0 Å². The number of aliphatic carboxylic acids is 2. The predicted molar refractivity (Wildman–Crippen MR) is 89.8 cm³/mol. The highest BCUT2D eigenvalue weighted by Gasteiger charge is 2.16. The maximum Gasteiger partial charge on any atom is 0.309 e. The number of carbonyl (C=O) groups is 3. The molecular weight excluding hydrogens is 314 g/mol. The van der Waals surface area contributed by atoms with Crippen molar-refractivity contribution < 1.29 is 33.6 Å². The Kier molecular flexibility index (Phi) is 10.9. The van der Waals surface area contributed by atoms with Gasteiger partial charge in [-0.05, 0) is 6.92 Å². The summed E-state index contributed by atoms with van der Waals surface area (Å²) in [4.78, 5) is 31.5. The average Bonchev–Trinajstić information content (AvgIpc) is 2.33. The van der Waals surface area contributed by atoms with Crippen LogP contribution in [0.5, 0.6) is 0 Å². The fraction of sp³-hybridized carbons (Fsp3) is 0.688. The van der Waals surface area contributed by atoms with Gasteiger partial charge in [-0.15, -0.1) is 0 Å². The first-order chi connectivity index (χ1) is 10.7. The van der Waals surface area contributed by atoms with Crippen molar-refractivity contribution in [1.82, 2.24) is 5.32 Å². The van der Waals surface area contributed by atoms with Crippen molar-refractivity contribution in [2.45, 2.75) is 13.3 Å². The molecule has 0 aromatic rings. The summed E-state index contributed by atoms with van der Waals surface area (Å²) in [6.45, 7) is 7.04. The molecule has 0 rings (SSSR count). The molecule has 140 valence electrons. The van der Waals surface area contributed by atoms with Gasteiger partial charge in [0.15, 0.2) is 0 Å². The predicted octanol–water partition coefficient (Wildman–Crippen LogP) is -1.33. The molecule has 0 aromatic carbocycles. The minimum Gasteiger partial charge on any atom is -0.544 e. The molecule has 2 N–H and O–H groups in total. The van der Waals surface area contributed by atoms with Crippen molar-refractivity contribution in [2.75, 3.05) is 61.4 Å². The van der Waals surface area contributed by atoms with Crippen LogP contribution in [0.1, 0.15) is 13.3 Å². The molecule has 24 heavy (non-hydrogen) atoms. The lowest BCUT2D eigenvalue weighted by Gasteiger charge is -2.29. The van der Waals surface area contributed by atoms with Crippen molar-refractivity contribution in [3.63, 3.8) is 0 Å². The normalized spacial score (nSPS) is 11.1. The summed E-state index contributed by atoms with van der Waals surface area (Å²) in [7, 11) is 9.28. The molecule has 0 aromatic heterocycles. The molecule has 0 heterocycles. The quantitative estimate of drug-likeness (QED) is 0.397. The van der Waals surface area contributed by atoms with E-state index in [9.17, 15) is 19.5 Å². The Morgan fingerprint density at radius 3 is 1.88 bits per heavy atom. The van der Waals surface area contributed by atoms with Crippen molar-refractivity contribution in [2.24, 2.45) is 0 Å². The molecule has 8 nitrogen and oxygen atoms in total. The largest absolute Gasteiger partial charge is 0.544 e. The van der Waals surface area contributed by atoms with E-state index in [1.54, 1.807) is 28.1 Å². The van der Waals surface area contributed by atoms with Crippen LogP contribution in [0.15, 0.2) is 12.2 Å². The molecule has 0 fully saturated rings. The van der Waals surface area contributed by atoms with Crippen LogP contribution in [-0.4, -0.2) is 93.3 Å². The van der Waals surface area contributed by atoms with Gasteiger partial charge in [0.2, 0.25) is 5.91 Å². The number of carboxylic acid groups (broad SMARTS) is 2. The Bertz CT molecular complexity index is 453. The number of likely N-dealkylation sites (N-methyl/N-ethyl adjacent to an activating group) is 2. The first-order valence-corrected chi connectivity index (χ1v) is 7.64. The Hall–Kier alpha value is -1.93. The number of amides is 1. The molecule has 0 aliphatic carbocycles. The number of hydrogen-bond donors (Lipinski definition) is 2. The van der Waals surface area contributed by atoms with E-state index in [4.69, 9.17) is 5.11 Å². The van der Waals surface area contributed by atoms with Gasteiger partial charge in [0.1, 0.15) is 6.54 Å². The van der Waals surface area contributed by atoms with Crippen LogP contribution in [0.4, 0.5) is 0 Å². The second-order valence-corrected chi connectivity index (χ2v) is 7.38. The van der Waals surface area contributed by atoms with Crippen LogP contribution in [0.2, 0.25) is 0 Å². The number of rotatable bonds is 9. The Labute approximate surface area is 144 Å². The van der Waals surface area contributed by atoms with Crippen LogP contribution in [0, 0.1) is 0 Å². The Balaban J connectivity index is 0. The number of nitrogens with one attached hydrogen (secondary N) is 1. The number of carbonyl (C=O) groups excluding carboxylic acids is 2. The van der Waals surface area contributed by atoms with Gasteiger partial charge in [-0.3, -0.25) is 9.59 Å². The van der Waals surface area contributed by atoms with Gasteiger partial charge in [0.25, 0.3) is 0 Å². The number of quaternary nitrogens is 2. The molecule has 0 unspecified atom stereocenters. The minimum absolute atomic E-state index is 0.0694. The van der Waals surface area contributed by atoms with E-state index in [1.165, 1.54) is 0 Å². The van der Waals surface area contributed by atoms with Crippen molar-refractivity contribution >= 4 is 17.8 Å².